The SMILES string of the molecule is CC(C)C(NC(=O)N1CC(=O)Nc2ccccc21)C(=O)NCC(=O)O. The number of carbonyl (C=O) groups is 4. The maximum absolute atomic E-state index is 12.6. The molecule has 1 atom stereocenters. The van der Waals surface area contributed by atoms with Gasteiger partial charge in [-0.15, -0.1) is 0 Å². The molecule has 1 heterocycles. The van der Waals surface area contributed by atoms with Gasteiger partial charge in [-0.25, -0.2) is 4.79 Å². The molecule has 0 radical (unpaired) electrons. The zero-order valence-electron chi connectivity index (χ0n) is 13.9. The Morgan fingerprint density at radius 3 is 2.60 bits per heavy atom. The Bertz CT molecular complexity index is 704. The van der Waals surface area contributed by atoms with Crippen LogP contribution in [0.5, 0.6) is 0 Å². The van der Waals surface area contributed by atoms with Gasteiger partial charge in [0.2, 0.25) is 11.8 Å². The first kappa shape index (κ1) is 18.2. The molecule has 134 valence electrons. The fraction of sp³-hybridized carbons (Fsp3) is 0.375. The predicted molar refractivity (Wildman–Crippen MR) is 90.2 cm³/mol. The summed E-state index contributed by atoms with van der Waals surface area (Å²) in [5.41, 5.74) is 1.03. The van der Waals surface area contributed by atoms with Gasteiger partial charge in [-0.2, -0.15) is 0 Å². The summed E-state index contributed by atoms with van der Waals surface area (Å²) in [4.78, 5) is 48.4. The van der Waals surface area contributed by atoms with Crippen molar-refractivity contribution in [3.8, 4) is 0 Å². The second-order valence-electron chi connectivity index (χ2n) is 5.93. The lowest BCUT2D eigenvalue weighted by molar-refractivity contribution is -0.138. The summed E-state index contributed by atoms with van der Waals surface area (Å²) in [5, 5.41) is 16.1. The van der Waals surface area contributed by atoms with E-state index >= 15 is 0 Å². The number of anilines is 2. The van der Waals surface area contributed by atoms with Gasteiger partial charge in [0.25, 0.3) is 0 Å². The number of rotatable bonds is 5. The monoisotopic (exact) mass is 348 g/mol. The number of hydrogen-bond donors (Lipinski definition) is 4. The van der Waals surface area contributed by atoms with E-state index in [4.69, 9.17) is 5.11 Å². The van der Waals surface area contributed by atoms with E-state index in [9.17, 15) is 19.2 Å². The van der Waals surface area contributed by atoms with Crippen molar-refractivity contribution in [3.63, 3.8) is 0 Å². The molecule has 0 bridgehead atoms. The highest BCUT2D eigenvalue weighted by molar-refractivity contribution is 6.10. The van der Waals surface area contributed by atoms with Crippen LogP contribution in [0.15, 0.2) is 24.3 Å². The molecule has 0 aliphatic carbocycles. The summed E-state index contributed by atoms with van der Waals surface area (Å²) >= 11 is 0. The molecule has 9 heteroatoms. The molecule has 1 aliphatic heterocycles. The number of carbonyl (C=O) groups excluding carboxylic acids is 3. The van der Waals surface area contributed by atoms with E-state index in [1.165, 1.54) is 4.90 Å². The summed E-state index contributed by atoms with van der Waals surface area (Å²) < 4.78 is 0. The van der Waals surface area contributed by atoms with Gasteiger partial charge in [0.05, 0.1) is 11.4 Å². The van der Waals surface area contributed by atoms with Crippen LogP contribution in [-0.2, 0) is 14.4 Å². The molecule has 25 heavy (non-hydrogen) atoms. The highest BCUT2D eigenvalue weighted by Gasteiger charge is 2.31. The number of hydrogen-bond acceptors (Lipinski definition) is 4. The van der Waals surface area contributed by atoms with Crippen LogP contribution in [0.2, 0.25) is 0 Å². The summed E-state index contributed by atoms with van der Waals surface area (Å²) in [5.74, 6) is -2.39. The third-order valence-corrected chi connectivity index (χ3v) is 3.66. The van der Waals surface area contributed by atoms with E-state index in [1.807, 2.05) is 0 Å². The molecule has 1 aliphatic rings. The van der Waals surface area contributed by atoms with Crippen LogP contribution < -0.4 is 20.9 Å². The number of fused-ring (bicyclic) bond motifs is 1. The fourth-order valence-corrected chi connectivity index (χ4v) is 2.43. The van der Waals surface area contributed by atoms with Gasteiger partial charge >= 0.3 is 12.0 Å². The lowest BCUT2D eigenvalue weighted by Crippen LogP contribution is -2.56. The first-order chi connectivity index (χ1) is 11.8. The number of nitrogens with zero attached hydrogens (tertiary/aromatic N) is 1. The summed E-state index contributed by atoms with van der Waals surface area (Å²) in [6, 6.07) is 5.29. The molecule has 2 rings (SSSR count). The Hall–Kier alpha value is -3.10. The van der Waals surface area contributed by atoms with Crippen molar-refractivity contribution in [1.82, 2.24) is 10.6 Å². The lowest BCUT2D eigenvalue weighted by atomic mass is 10.0. The largest absolute Gasteiger partial charge is 0.480 e. The zero-order valence-corrected chi connectivity index (χ0v) is 13.9. The number of carboxylic acid groups (broad SMARTS) is 1. The number of aliphatic carboxylic acids is 1. The third-order valence-electron chi connectivity index (χ3n) is 3.66. The van der Waals surface area contributed by atoms with Crippen LogP contribution in [0.25, 0.3) is 0 Å². The highest BCUT2D eigenvalue weighted by Crippen LogP contribution is 2.28. The average Bonchev–Trinajstić information content (AvgIpc) is 2.56. The minimum atomic E-state index is -1.18. The van der Waals surface area contributed by atoms with Gasteiger partial charge in [-0.1, -0.05) is 26.0 Å². The summed E-state index contributed by atoms with van der Waals surface area (Å²) in [6.07, 6.45) is 0. The molecular formula is C16H20N4O5. The molecule has 0 saturated heterocycles. The van der Waals surface area contributed by atoms with Crippen LogP contribution >= 0.6 is 0 Å². The third kappa shape index (κ3) is 4.46. The Labute approximate surface area is 144 Å². The van der Waals surface area contributed by atoms with Crippen molar-refractivity contribution >= 4 is 35.2 Å². The minimum absolute atomic E-state index is 0.176. The maximum atomic E-state index is 12.6. The molecule has 0 saturated carbocycles. The second kappa shape index (κ2) is 7.65. The van der Waals surface area contributed by atoms with Crippen molar-refractivity contribution in [3.05, 3.63) is 24.3 Å². The van der Waals surface area contributed by atoms with Crippen LogP contribution in [0.3, 0.4) is 0 Å². The van der Waals surface area contributed by atoms with E-state index in [2.05, 4.69) is 16.0 Å². The molecule has 9 nitrogen and oxygen atoms in total. The van der Waals surface area contributed by atoms with Gasteiger partial charge in [0, 0.05) is 0 Å². The van der Waals surface area contributed by atoms with E-state index in [1.54, 1.807) is 38.1 Å². The second-order valence-corrected chi connectivity index (χ2v) is 5.93. The molecule has 1 aromatic carbocycles. The Kier molecular flexibility index (Phi) is 5.58. The average molecular weight is 348 g/mol. The fourth-order valence-electron chi connectivity index (χ4n) is 2.43. The topological polar surface area (TPSA) is 128 Å². The van der Waals surface area contributed by atoms with Gasteiger partial charge in [-0.05, 0) is 18.1 Å². The predicted octanol–water partition coefficient (Wildman–Crippen LogP) is 0.380. The molecule has 0 spiro atoms. The molecule has 4 amide bonds. The van der Waals surface area contributed by atoms with E-state index in [0.717, 1.165) is 0 Å². The molecule has 4 N–H and O–H groups in total. The number of nitrogens with one attached hydrogen (secondary N) is 3. The van der Waals surface area contributed by atoms with Crippen LogP contribution in [0, 0.1) is 5.92 Å². The van der Waals surface area contributed by atoms with Crippen LogP contribution in [0.4, 0.5) is 16.2 Å². The van der Waals surface area contributed by atoms with Gasteiger partial charge < -0.3 is 21.1 Å². The van der Waals surface area contributed by atoms with Gasteiger partial charge in [-0.3, -0.25) is 19.3 Å². The van der Waals surface area contributed by atoms with Gasteiger partial charge in [0.15, 0.2) is 0 Å². The molecule has 1 unspecified atom stereocenters. The summed E-state index contributed by atoms with van der Waals surface area (Å²) in [6.45, 7) is 2.74. The normalized spacial score (nSPS) is 14.4. The van der Waals surface area contributed by atoms with Crippen molar-refractivity contribution < 1.29 is 24.3 Å². The van der Waals surface area contributed by atoms with Gasteiger partial charge in [0.1, 0.15) is 19.1 Å². The summed E-state index contributed by atoms with van der Waals surface area (Å²) in [7, 11) is 0. The zero-order chi connectivity index (χ0) is 18.6. The van der Waals surface area contributed by atoms with E-state index in [0.29, 0.717) is 11.4 Å². The molecule has 0 aromatic heterocycles. The number of benzene rings is 1. The molecule has 0 fully saturated rings. The van der Waals surface area contributed by atoms with Crippen molar-refractivity contribution in [2.75, 3.05) is 23.3 Å². The number of amides is 4. The molecule has 1 aromatic rings. The number of para-hydroxylation sites is 2. The Balaban J connectivity index is 2.15. The van der Waals surface area contributed by atoms with Crippen molar-refractivity contribution in [1.29, 1.82) is 0 Å². The van der Waals surface area contributed by atoms with E-state index in [-0.39, 0.29) is 18.4 Å². The quantitative estimate of drug-likeness (QED) is 0.612. The smallest absolute Gasteiger partial charge is 0.323 e. The van der Waals surface area contributed by atoms with E-state index < -0.39 is 30.5 Å². The first-order valence-electron chi connectivity index (χ1n) is 7.76. The molecular weight excluding hydrogens is 328 g/mol. The number of carboxylic acids is 1. The Morgan fingerprint density at radius 1 is 1.28 bits per heavy atom. The van der Waals surface area contributed by atoms with Crippen molar-refractivity contribution in [2.24, 2.45) is 5.92 Å². The number of urea groups is 1. The highest BCUT2D eigenvalue weighted by atomic mass is 16.4. The minimum Gasteiger partial charge on any atom is -0.480 e. The first-order valence-corrected chi connectivity index (χ1v) is 7.76. The van der Waals surface area contributed by atoms with Crippen LogP contribution in [-0.4, -0.2) is 48.1 Å². The maximum Gasteiger partial charge on any atom is 0.323 e. The van der Waals surface area contributed by atoms with Crippen LogP contribution in [0.1, 0.15) is 13.8 Å². The lowest BCUT2D eigenvalue weighted by Gasteiger charge is -2.31. The Morgan fingerprint density at radius 2 is 1.96 bits per heavy atom. The van der Waals surface area contributed by atoms with Crippen molar-refractivity contribution in [2.45, 2.75) is 19.9 Å². The standard InChI is InChI=1S/C16H20N4O5/c1-9(2)14(15(24)17-7-13(22)23)19-16(25)20-8-12(21)18-10-5-3-4-6-11(10)20/h3-6,9,14H,7-8H2,1-2H3,(H,17,24)(H,18,21)(H,19,25)(H,22,23).